The molecule has 18 heavy (non-hydrogen) atoms. The first kappa shape index (κ1) is 14.9. The Hall–Kier alpha value is -1.16. The van der Waals surface area contributed by atoms with Gasteiger partial charge >= 0.3 is 0 Å². The molecule has 0 aliphatic heterocycles. The molecule has 1 rings (SSSR count). The van der Waals surface area contributed by atoms with E-state index in [-0.39, 0.29) is 10.7 Å². The molecule has 1 aromatic carbocycles. The molecule has 0 atom stereocenters. The van der Waals surface area contributed by atoms with Crippen molar-refractivity contribution in [3.8, 4) is 0 Å². The van der Waals surface area contributed by atoms with Gasteiger partial charge in [-0.25, -0.2) is 0 Å². The molecule has 3 nitrogen and oxygen atoms in total. The van der Waals surface area contributed by atoms with Crippen LogP contribution in [0.1, 0.15) is 31.1 Å². The van der Waals surface area contributed by atoms with Gasteiger partial charge in [0.1, 0.15) is 0 Å². The van der Waals surface area contributed by atoms with Crippen LogP contribution in [0.15, 0.2) is 24.3 Å². The molecule has 0 bridgehead atoms. The fourth-order valence-corrected chi connectivity index (χ4v) is 1.63. The second-order valence-electron chi connectivity index (χ2n) is 4.75. The van der Waals surface area contributed by atoms with E-state index in [1.807, 2.05) is 31.2 Å². The van der Waals surface area contributed by atoms with Crippen LogP contribution in [0.5, 0.6) is 0 Å². The van der Waals surface area contributed by atoms with Crippen LogP contribution in [-0.4, -0.2) is 30.0 Å². The van der Waals surface area contributed by atoms with Crippen LogP contribution in [0.2, 0.25) is 0 Å². The van der Waals surface area contributed by atoms with Crippen LogP contribution in [0.4, 0.5) is 5.69 Å². The molecule has 1 amide bonds. The zero-order valence-electron chi connectivity index (χ0n) is 11.5. The SMILES string of the molecule is CCNc1ccc(C(=O)NCC(C)(C)SC)cc1. The van der Waals surface area contributed by atoms with Crippen LogP contribution in [0.3, 0.4) is 0 Å². The van der Waals surface area contributed by atoms with Crippen molar-refractivity contribution in [1.29, 1.82) is 0 Å². The van der Waals surface area contributed by atoms with Crippen molar-refractivity contribution in [2.75, 3.05) is 24.7 Å². The third-order valence-corrected chi connectivity index (χ3v) is 4.00. The van der Waals surface area contributed by atoms with E-state index in [1.165, 1.54) is 0 Å². The summed E-state index contributed by atoms with van der Waals surface area (Å²) < 4.78 is 0.0688. The van der Waals surface area contributed by atoms with Crippen molar-refractivity contribution in [2.45, 2.75) is 25.5 Å². The Bertz CT molecular complexity index is 387. The summed E-state index contributed by atoms with van der Waals surface area (Å²) in [5.74, 6) is -0.0137. The van der Waals surface area contributed by atoms with Gasteiger partial charge in [0.2, 0.25) is 0 Å². The molecule has 0 spiro atoms. The van der Waals surface area contributed by atoms with Crippen molar-refractivity contribution in [2.24, 2.45) is 0 Å². The van der Waals surface area contributed by atoms with Crippen molar-refractivity contribution in [1.82, 2.24) is 5.32 Å². The molecule has 0 aromatic heterocycles. The summed E-state index contributed by atoms with van der Waals surface area (Å²) in [6.45, 7) is 7.83. The molecule has 0 heterocycles. The first-order valence-electron chi connectivity index (χ1n) is 6.16. The van der Waals surface area contributed by atoms with Crippen LogP contribution in [-0.2, 0) is 0 Å². The lowest BCUT2D eigenvalue weighted by Gasteiger charge is -2.22. The van der Waals surface area contributed by atoms with E-state index in [0.717, 1.165) is 12.2 Å². The Morgan fingerprint density at radius 1 is 1.28 bits per heavy atom. The van der Waals surface area contributed by atoms with Gasteiger partial charge in [0.25, 0.3) is 5.91 Å². The van der Waals surface area contributed by atoms with Gasteiger partial charge in [-0.05, 0) is 51.3 Å². The quantitative estimate of drug-likeness (QED) is 0.831. The Morgan fingerprint density at radius 3 is 2.39 bits per heavy atom. The van der Waals surface area contributed by atoms with E-state index >= 15 is 0 Å². The molecule has 0 fully saturated rings. The van der Waals surface area contributed by atoms with Crippen molar-refractivity contribution >= 4 is 23.4 Å². The first-order valence-corrected chi connectivity index (χ1v) is 7.38. The minimum Gasteiger partial charge on any atom is -0.385 e. The normalized spacial score (nSPS) is 11.1. The fraction of sp³-hybridized carbons (Fsp3) is 0.500. The molecule has 0 unspecified atom stereocenters. The molecular formula is C14H22N2OS. The van der Waals surface area contributed by atoms with Crippen molar-refractivity contribution < 1.29 is 4.79 Å². The third-order valence-electron chi connectivity index (χ3n) is 2.76. The van der Waals surface area contributed by atoms with Crippen molar-refractivity contribution in [3.63, 3.8) is 0 Å². The monoisotopic (exact) mass is 266 g/mol. The Kier molecular flexibility index (Phi) is 5.54. The second-order valence-corrected chi connectivity index (χ2v) is 6.27. The van der Waals surface area contributed by atoms with Crippen molar-refractivity contribution in [3.05, 3.63) is 29.8 Å². The van der Waals surface area contributed by atoms with Gasteiger partial charge in [0.15, 0.2) is 0 Å². The van der Waals surface area contributed by atoms with Gasteiger partial charge in [0, 0.05) is 29.1 Å². The lowest BCUT2D eigenvalue weighted by atomic mass is 10.1. The third kappa shape index (κ3) is 4.61. The summed E-state index contributed by atoms with van der Waals surface area (Å²) in [6, 6.07) is 7.55. The van der Waals surface area contributed by atoms with Crippen LogP contribution in [0.25, 0.3) is 0 Å². The highest BCUT2D eigenvalue weighted by Gasteiger charge is 2.17. The lowest BCUT2D eigenvalue weighted by Crippen LogP contribution is -2.36. The first-order chi connectivity index (χ1) is 8.48. The molecule has 0 aliphatic carbocycles. The molecule has 2 N–H and O–H groups in total. The number of anilines is 1. The smallest absolute Gasteiger partial charge is 0.251 e. The zero-order chi connectivity index (χ0) is 13.6. The van der Waals surface area contributed by atoms with Gasteiger partial charge < -0.3 is 10.6 Å². The van der Waals surface area contributed by atoms with Crippen LogP contribution < -0.4 is 10.6 Å². The van der Waals surface area contributed by atoms with E-state index in [0.29, 0.717) is 12.1 Å². The van der Waals surface area contributed by atoms with Gasteiger partial charge in [-0.15, -0.1) is 0 Å². The minimum atomic E-state index is -0.0137. The number of thioether (sulfide) groups is 1. The summed E-state index contributed by atoms with van der Waals surface area (Å²) in [5.41, 5.74) is 1.74. The van der Waals surface area contributed by atoms with E-state index in [4.69, 9.17) is 0 Å². The predicted octanol–water partition coefficient (Wildman–Crippen LogP) is 2.99. The molecular weight excluding hydrogens is 244 g/mol. The Balaban J connectivity index is 2.56. The molecule has 0 radical (unpaired) electrons. The lowest BCUT2D eigenvalue weighted by molar-refractivity contribution is 0.0951. The second kappa shape index (κ2) is 6.69. The largest absolute Gasteiger partial charge is 0.385 e. The van der Waals surface area contributed by atoms with Crippen LogP contribution >= 0.6 is 11.8 Å². The van der Waals surface area contributed by atoms with Crippen LogP contribution in [0, 0.1) is 0 Å². The topological polar surface area (TPSA) is 41.1 Å². The summed E-state index contributed by atoms with van der Waals surface area (Å²) in [7, 11) is 0. The average molecular weight is 266 g/mol. The molecule has 1 aromatic rings. The number of rotatable bonds is 6. The average Bonchev–Trinajstić information content (AvgIpc) is 2.37. The van der Waals surface area contributed by atoms with E-state index in [9.17, 15) is 4.79 Å². The number of carbonyl (C=O) groups excluding carboxylic acids is 1. The number of hydrogen-bond donors (Lipinski definition) is 2. The molecule has 0 saturated heterocycles. The summed E-state index contributed by atoms with van der Waals surface area (Å²) in [4.78, 5) is 11.9. The standard InChI is InChI=1S/C14H22N2OS/c1-5-15-12-8-6-11(7-9-12)13(17)16-10-14(2,3)18-4/h6-9,15H,5,10H2,1-4H3,(H,16,17). The maximum Gasteiger partial charge on any atom is 0.251 e. The summed E-state index contributed by atoms with van der Waals surface area (Å²) >= 11 is 1.75. The maximum absolute atomic E-state index is 11.9. The van der Waals surface area contributed by atoms with E-state index < -0.39 is 0 Å². The number of amides is 1. The fourth-order valence-electron chi connectivity index (χ4n) is 1.41. The highest BCUT2D eigenvalue weighted by Crippen LogP contribution is 2.19. The summed E-state index contributed by atoms with van der Waals surface area (Å²) in [6.07, 6.45) is 2.05. The number of benzene rings is 1. The predicted molar refractivity (Wildman–Crippen MR) is 80.5 cm³/mol. The minimum absolute atomic E-state index is 0.0137. The van der Waals surface area contributed by atoms with Gasteiger partial charge in [-0.2, -0.15) is 11.8 Å². The number of nitrogens with one attached hydrogen (secondary N) is 2. The van der Waals surface area contributed by atoms with Gasteiger partial charge in [-0.3, -0.25) is 4.79 Å². The van der Waals surface area contributed by atoms with E-state index in [1.54, 1.807) is 11.8 Å². The highest BCUT2D eigenvalue weighted by molar-refractivity contribution is 7.99. The zero-order valence-corrected chi connectivity index (χ0v) is 12.4. The van der Waals surface area contributed by atoms with Gasteiger partial charge in [-0.1, -0.05) is 0 Å². The molecule has 0 saturated carbocycles. The molecule has 100 valence electrons. The molecule has 4 heteroatoms. The Labute approximate surface area is 114 Å². The number of carbonyl (C=O) groups is 1. The molecule has 0 aliphatic rings. The van der Waals surface area contributed by atoms with E-state index in [2.05, 4.69) is 30.7 Å². The maximum atomic E-state index is 11.9. The Morgan fingerprint density at radius 2 is 1.89 bits per heavy atom. The number of hydrogen-bond acceptors (Lipinski definition) is 3. The summed E-state index contributed by atoms with van der Waals surface area (Å²) in [5, 5.41) is 6.17. The van der Waals surface area contributed by atoms with Gasteiger partial charge in [0.05, 0.1) is 0 Å². The highest BCUT2D eigenvalue weighted by atomic mass is 32.2.